The van der Waals surface area contributed by atoms with Crippen molar-refractivity contribution in [3.8, 4) is 0 Å². The Hall–Kier alpha value is -1.20. The summed E-state index contributed by atoms with van der Waals surface area (Å²) in [6.07, 6.45) is -1.23. The number of aromatic nitrogens is 1. The minimum Gasteiger partial charge on any atom is -0.598 e. The quantitative estimate of drug-likeness (QED) is 0.410. The highest BCUT2D eigenvalue weighted by molar-refractivity contribution is 7.90. The van der Waals surface area contributed by atoms with E-state index in [4.69, 9.17) is 9.31 Å². The molecule has 10 heteroatoms. The molecule has 0 saturated carbocycles. The van der Waals surface area contributed by atoms with Gasteiger partial charge in [-0.05, 0) is 66.0 Å². The summed E-state index contributed by atoms with van der Waals surface area (Å²) in [6, 6.07) is 1.37. The lowest BCUT2D eigenvalue weighted by atomic mass is 9.78. The molecule has 1 aromatic carbocycles. The molecule has 0 aliphatic carbocycles. The van der Waals surface area contributed by atoms with E-state index in [1.54, 1.807) is 33.0 Å². The monoisotopic (exact) mass is 514 g/mol. The molecule has 35 heavy (non-hydrogen) atoms. The number of alkyl halides is 2. The Bertz CT molecular complexity index is 1060. The number of benzene rings is 1. The third kappa shape index (κ3) is 5.87. The van der Waals surface area contributed by atoms with Crippen molar-refractivity contribution in [3.05, 3.63) is 29.7 Å². The molecule has 1 N–H and O–H groups in total. The van der Waals surface area contributed by atoms with E-state index in [0.29, 0.717) is 17.4 Å². The van der Waals surface area contributed by atoms with Crippen LogP contribution in [0, 0.1) is 11.2 Å². The number of hydrogen-bond acceptors (Lipinski definition) is 4. The van der Waals surface area contributed by atoms with Crippen LogP contribution in [0.25, 0.3) is 10.9 Å². The van der Waals surface area contributed by atoms with Crippen LogP contribution in [0.5, 0.6) is 0 Å². The fourth-order valence-corrected chi connectivity index (χ4v) is 4.75. The summed E-state index contributed by atoms with van der Waals surface area (Å²) >= 11 is -1.74. The van der Waals surface area contributed by atoms with E-state index < -0.39 is 52.7 Å². The van der Waals surface area contributed by atoms with E-state index in [9.17, 15) is 13.3 Å². The first-order valence-electron chi connectivity index (χ1n) is 11.9. The summed E-state index contributed by atoms with van der Waals surface area (Å²) in [5, 5.41) is 0.343. The zero-order valence-corrected chi connectivity index (χ0v) is 23.2. The van der Waals surface area contributed by atoms with Crippen molar-refractivity contribution in [2.45, 2.75) is 104 Å². The number of nitrogens with one attached hydrogen (secondary N) is 1. The highest BCUT2D eigenvalue weighted by Gasteiger charge is 2.52. The lowest BCUT2D eigenvalue weighted by Gasteiger charge is -2.32. The molecule has 1 aliphatic rings. The Kier molecular flexibility index (Phi) is 7.52. The van der Waals surface area contributed by atoms with E-state index in [1.165, 1.54) is 6.07 Å². The van der Waals surface area contributed by atoms with Crippen LogP contribution in [0.2, 0.25) is 0 Å². The number of fused-ring (bicyclic) bond motifs is 1. The SMILES string of the molecule is CC(C)(C)Cn1cc(C(N[S+]([O-])C(C)(C)C)C(F)F)c2cc(F)c(B3OC(C)(C)C(C)(C)O3)cc21. The minimum atomic E-state index is -2.85. The molecule has 0 radical (unpaired) electrons. The summed E-state index contributed by atoms with van der Waals surface area (Å²) in [5.41, 5.74) is -0.468. The van der Waals surface area contributed by atoms with Crippen molar-refractivity contribution in [3.63, 3.8) is 0 Å². The van der Waals surface area contributed by atoms with Crippen molar-refractivity contribution in [2.75, 3.05) is 0 Å². The molecule has 2 unspecified atom stereocenters. The molecule has 1 saturated heterocycles. The summed E-state index contributed by atoms with van der Waals surface area (Å²) in [4.78, 5) is 0. The molecular weight excluding hydrogens is 476 g/mol. The summed E-state index contributed by atoms with van der Waals surface area (Å²) in [5.74, 6) is -0.601. The van der Waals surface area contributed by atoms with Crippen LogP contribution in [0.3, 0.4) is 0 Å². The smallest absolute Gasteiger partial charge is 0.497 e. The van der Waals surface area contributed by atoms with Crippen LogP contribution in [0.1, 0.15) is 80.8 Å². The Morgan fingerprint density at radius 3 is 2.06 bits per heavy atom. The lowest BCUT2D eigenvalue weighted by Crippen LogP contribution is -2.43. The fraction of sp³-hybridized carbons (Fsp3) is 0.680. The summed E-state index contributed by atoms with van der Waals surface area (Å²) < 4.78 is 72.5. The predicted molar refractivity (Wildman–Crippen MR) is 137 cm³/mol. The van der Waals surface area contributed by atoms with Gasteiger partial charge in [0.1, 0.15) is 16.6 Å². The topological polar surface area (TPSA) is 58.5 Å². The molecule has 0 amide bonds. The van der Waals surface area contributed by atoms with Gasteiger partial charge in [-0.3, -0.25) is 0 Å². The Balaban J connectivity index is 2.16. The lowest BCUT2D eigenvalue weighted by molar-refractivity contribution is 0.00578. The van der Waals surface area contributed by atoms with Gasteiger partial charge in [0.2, 0.25) is 0 Å². The van der Waals surface area contributed by atoms with Crippen molar-refractivity contribution < 1.29 is 27.0 Å². The van der Waals surface area contributed by atoms with Crippen molar-refractivity contribution in [1.82, 2.24) is 9.29 Å². The van der Waals surface area contributed by atoms with Gasteiger partial charge in [0, 0.05) is 46.0 Å². The maximum atomic E-state index is 15.5. The molecule has 0 bridgehead atoms. The second-order valence-electron chi connectivity index (χ2n) is 12.6. The van der Waals surface area contributed by atoms with Crippen LogP contribution in [-0.2, 0) is 27.2 Å². The summed E-state index contributed by atoms with van der Waals surface area (Å²) in [7, 11) is -0.928. The van der Waals surface area contributed by atoms with Gasteiger partial charge in [0.25, 0.3) is 6.43 Å². The number of rotatable bonds is 6. The van der Waals surface area contributed by atoms with Gasteiger partial charge in [-0.25, -0.2) is 13.2 Å². The predicted octanol–water partition coefficient (Wildman–Crippen LogP) is 5.48. The molecular formula is C25H38BF3N2O3S. The molecule has 196 valence electrons. The first kappa shape index (κ1) is 28.4. The van der Waals surface area contributed by atoms with E-state index in [-0.39, 0.29) is 16.4 Å². The first-order chi connectivity index (χ1) is 15.7. The van der Waals surface area contributed by atoms with Crippen LogP contribution < -0.4 is 10.2 Å². The molecule has 2 aromatic rings. The van der Waals surface area contributed by atoms with Crippen LogP contribution in [0.4, 0.5) is 13.2 Å². The standard InChI is InChI=1S/C25H38BF3N2O3S/c1-22(2,3)14-31-13-16(20(21(28)29)30-35(32)23(4,5)6)15-11-18(27)17(12-19(15)31)26-33-24(7,8)25(9,10)34-26/h11-13,20-21,30H,14H2,1-10H3. The largest absolute Gasteiger partial charge is 0.598 e. The molecule has 3 rings (SSSR count). The van der Waals surface area contributed by atoms with Crippen LogP contribution >= 0.6 is 0 Å². The number of nitrogens with zero attached hydrogens (tertiary/aromatic N) is 1. The molecule has 0 spiro atoms. The Morgan fingerprint density at radius 2 is 1.60 bits per heavy atom. The average molecular weight is 514 g/mol. The van der Waals surface area contributed by atoms with E-state index in [1.807, 2.05) is 53.0 Å². The van der Waals surface area contributed by atoms with Gasteiger partial charge >= 0.3 is 7.12 Å². The van der Waals surface area contributed by atoms with Crippen molar-refractivity contribution in [1.29, 1.82) is 0 Å². The highest BCUT2D eigenvalue weighted by Crippen LogP contribution is 2.38. The molecule has 1 fully saturated rings. The third-order valence-electron chi connectivity index (χ3n) is 6.56. The van der Waals surface area contributed by atoms with Gasteiger partial charge < -0.3 is 18.4 Å². The van der Waals surface area contributed by atoms with Gasteiger partial charge in [-0.15, -0.1) is 4.72 Å². The maximum absolute atomic E-state index is 15.5. The normalized spacial score (nSPS) is 20.1. The second-order valence-corrected chi connectivity index (χ2v) is 14.6. The molecule has 2 heterocycles. The molecule has 1 aliphatic heterocycles. The van der Waals surface area contributed by atoms with E-state index >= 15 is 4.39 Å². The second kappa shape index (κ2) is 9.28. The number of halogens is 3. The zero-order valence-electron chi connectivity index (χ0n) is 22.4. The average Bonchev–Trinajstić information content (AvgIpc) is 3.08. The van der Waals surface area contributed by atoms with Gasteiger partial charge in [-0.1, -0.05) is 20.8 Å². The highest BCUT2D eigenvalue weighted by atomic mass is 32.2. The van der Waals surface area contributed by atoms with Crippen molar-refractivity contribution >= 4 is 34.8 Å². The van der Waals surface area contributed by atoms with Crippen LogP contribution in [0.15, 0.2) is 18.3 Å². The number of hydrogen-bond donors (Lipinski definition) is 1. The maximum Gasteiger partial charge on any atom is 0.497 e. The first-order valence-corrected chi connectivity index (χ1v) is 13.0. The zero-order chi connectivity index (χ0) is 26.7. The molecule has 5 nitrogen and oxygen atoms in total. The van der Waals surface area contributed by atoms with Gasteiger partial charge in [0.05, 0.1) is 11.2 Å². The summed E-state index contributed by atoms with van der Waals surface area (Å²) in [6.45, 7) is 19.3. The van der Waals surface area contributed by atoms with E-state index in [2.05, 4.69) is 4.72 Å². The molecule has 2 atom stereocenters. The minimum absolute atomic E-state index is 0.176. The third-order valence-corrected chi connectivity index (χ3v) is 8.14. The van der Waals surface area contributed by atoms with Crippen molar-refractivity contribution in [2.24, 2.45) is 5.41 Å². The Labute approximate surface area is 210 Å². The molecule has 1 aromatic heterocycles. The van der Waals surface area contributed by atoms with Gasteiger partial charge in [0.15, 0.2) is 0 Å². The van der Waals surface area contributed by atoms with E-state index in [0.717, 1.165) is 0 Å². The van der Waals surface area contributed by atoms with Crippen LogP contribution in [-0.4, -0.2) is 38.6 Å². The Morgan fingerprint density at radius 1 is 1.06 bits per heavy atom. The van der Waals surface area contributed by atoms with Gasteiger partial charge in [-0.2, -0.15) is 0 Å². The fourth-order valence-electron chi connectivity index (χ4n) is 3.94.